The molecule has 0 unspecified atom stereocenters. The highest BCUT2D eigenvalue weighted by Crippen LogP contribution is 2.17. The summed E-state index contributed by atoms with van der Waals surface area (Å²) in [5.41, 5.74) is 2.28. The number of pyridine rings is 1. The zero-order valence-electron chi connectivity index (χ0n) is 16.0. The van der Waals surface area contributed by atoms with E-state index in [0.29, 0.717) is 12.4 Å². The first-order valence-electron chi connectivity index (χ1n) is 9.13. The van der Waals surface area contributed by atoms with E-state index in [0.717, 1.165) is 44.2 Å². The van der Waals surface area contributed by atoms with Crippen LogP contribution in [0.1, 0.15) is 12.5 Å². The van der Waals surface area contributed by atoms with Crippen molar-refractivity contribution in [2.45, 2.75) is 13.5 Å². The third-order valence-electron chi connectivity index (χ3n) is 4.48. The van der Waals surface area contributed by atoms with E-state index in [4.69, 9.17) is 9.73 Å². The van der Waals surface area contributed by atoms with E-state index in [-0.39, 0.29) is 24.0 Å². The maximum atomic E-state index is 5.33. The molecule has 1 fully saturated rings. The molecule has 0 amide bonds. The van der Waals surface area contributed by atoms with Gasteiger partial charge in [0, 0.05) is 50.2 Å². The number of hydrogen-bond acceptors (Lipinski definition) is 4. The number of methoxy groups -OCH3 is 1. The van der Waals surface area contributed by atoms with Crippen molar-refractivity contribution in [3.05, 3.63) is 54.2 Å². The van der Waals surface area contributed by atoms with Crippen molar-refractivity contribution in [3.63, 3.8) is 0 Å². The van der Waals surface area contributed by atoms with E-state index in [1.807, 2.05) is 12.1 Å². The Bertz CT molecular complexity index is 717. The van der Waals surface area contributed by atoms with Crippen molar-refractivity contribution < 1.29 is 4.74 Å². The molecule has 1 aromatic carbocycles. The fourth-order valence-corrected chi connectivity index (χ4v) is 3.13. The number of nitrogens with one attached hydrogen (secondary N) is 1. The molecule has 1 aromatic heterocycles. The van der Waals surface area contributed by atoms with Gasteiger partial charge in [0.25, 0.3) is 0 Å². The monoisotopic (exact) mass is 481 g/mol. The molecule has 146 valence electrons. The SMILES string of the molecule is CCNC(=NCc1cccnc1OC)N1CCN(c2ccccc2)CC1.I. The first kappa shape index (κ1) is 21.3. The third-order valence-corrected chi connectivity index (χ3v) is 4.48. The van der Waals surface area contributed by atoms with Crippen LogP contribution in [0, 0.1) is 0 Å². The van der Waals surface area contributed by atoms with E-state index >= 15 is 0 Å². The van der Waals surface area contributed by atoms with E-state index < -0.39 is 0 Å². The summed E-state index contributed by atoms with van der Waals surface area (Å²) in [6.07, 6.45) is 1.74. The van der Waals surface area contributed by atoms with Gasteiger partial charge in [0.1, 0.15) is 0 Å². The second kappa shape index (κ2) is 11.0. The Morgan fingerprint density at radius 1 is 1.11 bits per heavy atom. The topological polar surface area (TPSA) is 53.0 Å². The van der Waals surface area contributed by atoms with Gasteiger partial charge >= 0.3 is 0 Å². The predicted molar refractivity (Wildman–Crippen MR) is 121 cm³/mol. The van der Waals surface area contributed by atoms with Gasteiger partial charge in [0.15, 0.2) is 5.96 Å². The standard InChI is InChI=1S/C20H27N5O.HI/c1-3-21-20(23-16-17-8-7-11-22-19(17)26-2)25-14-12-24(13-15-25)18-9-5-4-6-10-18;/h4-11H,3,12-16H2,1-2H3,(H,21,23);1H. The summed E-state index contributed by atoms with van der Waals surface area (Å²) in [5.74, 6) is 1.59. The largest absolute Gasteiger partial charge is 0.481 e. The molecule has 1 N–H and O–H groups in total. The molecule has 0 spiro atoms. The lowest BCUT2D eigenvalue weighted by Gasteiger charge is -2.37. The van der Waals surface area contributed by atoms with E-state index in [9.17, 15) is 0 Å². The summed E-state index contributed by atoms with van der Waals surface area (Å²) in [5, 5.41) is 3.41. The van der Waals surface area contributed by atoms with Crippen molar-refractivity contribution in [1.82, 2.24) is 15.2 Å². The highest BCUT2D eigenvalue weighted by molar-refractivity contribution is 14.0. The Kier molecular flexibility index (Phi) is 8.63. The molecule has 1 saturated heterocycles. The first-order chi connectivity index (χ1) is 12.8. The number of hydrogen-bond donors (Lipinski definition) is 1. The number of aliphatic imine (C=N–C) groups is 1. The Hall–Kier alpha value is -2.03. The van der Waals surface area contributed by atoms with E-state index in [2.05, 4.69) is 57.4 Å². The van der Waals surface area contributed by atoms with Crippen LogP contribution < -0.4 is 15.0 Å². The molecular weight excluding hydrogens is 453 g/mol. The summed E-state index contributed by atoms with van der Waals surface area (Å²) >= 11 is 0. The lowest BCUT2D eigenvalue weighted by Crippen LogP contribution is -2.52. The smallest absolute Gasteiger partial charge is 0.218 e. The predicted octanol–water partition coefficient (Wildman–Crippen LogP) is 3.00. The summed E-state index contributed by atoms with van der Waals surface area (Å²) in [6, 6.07) is 14.5. The summed E-state index contributed by atoms with van der Waals surface area (Å²) in [6.45, 7) is 7.38. The number of halogens is 1. The summed E-state index contributed by atoms with van der Waals surface area (Å²) < 4.78 is 5.33. The van der Waals surface area contributed by atoms with Crippen molar-refractivity contribution in [3.8, 4) is 5.88 Å². The normalized spacial score (nSPS) is 14.5. The molecule has 0 radical (unpaired) electrons. The lowest BCUT2D eigenvalue weighted by atomic mass is 10.2. The summed E-state index contributed by atoms with van der Waals surface area (Å²) in [7, 11) is 1.64. The van der Waals surface area contributed by atoms with Gasteiger partial charge < -0.3 is 19.9 Å². The Balaban J connectivity index is 0.00000261. The average Bonchev–Trinajstić information content (AvgIpc) is 2.72. The molecule has 3 rings (SSSR count). The van der Waals surface area contributed by atoms with Gasteiger partial charge in [0.05, 0.1) is 13.7 Å². The van der Waals surface area contributed by atoms with E-state index in [1.54, 1.807) is 13.3 Å². The minimum Gasteiger partial charge on any atom is -0.481 e. The van der Waals surface area contributed by atoms with Crippen LogP contribution in [0.4, 0.5) is 5.69 Å². The maximum absolute atomic E-state index is 5.33. The average molecular weight is 481 g/mol. The van der Waals surface area contributed by atoms with Crippen LogP contribution in [0.25, 0.3) is 0 Å². The molecule has 0 bridgehead atoms. The molecule has 0 atom stereocenters. The maximum Gasteiger partial charge on any atom is 0.218 e. The molecule has 2 aromatic rings. The number of rotatable bonds is 5. The molecule has 0 aliphatic carbocycles. The van der Waals surface area contributed by atoms with Crippen LogP contribution in [-0.4, -0.2) is 55.7 Å². The van der Waals surface area contributed by atoms with Crippen LogP contribution in [0.2, 0.25) is 0 Å². The van der Waals surface area contributed by atoms with Crippen molar-refractivity contribution in [2.75, 3.05) is 44.7 Å². The van der Waals surface area contributed by atoms with Gasteiger partial charge in [-0.05, 0) is 25.1 Å². The Labute approximate surface area is 178 Å². The molecule has 6 nitrogen and oxygen atoms in total. The highest BCUT2D eigenvalue weighted by atomic mass is 127. The van der Waals surface area contributed by atoms with Gasteiger partial charge in [-0.3, -0.25) is 0 Å². The van der Waals surface area contributed by atoms with Crippen LogP contribution >= 0.6 is 24.0 Å². The molecule has 7 heteroatoms. The zero-order chi connectivity index (χ0) is 18.2. The second-order valence-corrected chi connectivity index (χ2v) is 6.15. The quantitative estimate of drug-likeness (QED) is 0.405. The molecular formula is C20H28IN5O. The van der Waals surface area contributed by atoms with Gasteiger partial charge in [-0.1, -0.05) is 24.3 Å². The number of benzene rings is 1. The van der Waals surface area contributed by atoms with Crippen LogP contribution in [-0.2, 0) is 6.54 Å². The van der Waals surface area contributed by atoms with Gasteiger partial charge in [-0.2, -0.15) is 0 Å². The molecule has 0 saturated carbocycles. The van der Waals surface area contributed by atoms with Gasteiger partial charge in [0.2, 0.25) is 5.88 Å². The van der Waals surface area contributed by atoms with Crippen molar-refractivity contribution >= 4 is 35.6 Å². The number of nitrogens with zero attached hydrogens (tertiary/aromatic N) is 4. The molecule has 1 aliphatic heterocycles. The second-order valence-electron chi connectivity index (χ2n) is 6.15. The summed E-state index contributed by atoms with van der Waals surface area (Å²) in [4.78, 5) is 13.8. The molecule has 2 heterocycles. The first-order valence-corrected chi connectivity index (χ1v) is 9.13. The van der Waals surface area contributed by atoms with Gasteiger partial charge in [-0.15, -0.1) is 24.0 Å². The highest BCUT2D eigenvalue weighted by Gasteiger charge is 2.19. The fraction of sp³-hybridized carbons (Fsp3) is 0.400. The fourth-order valence-electron chi connectivity index (χ4n) is 3.13. The number of anilines is 1. The van der Waals surface area contributed by atoms with Crippen LogP contribution in [0.3, 0.4) is 0 Å². The zero-order valence-corrected chi connectivity index (χ0v) is 18.3. The van der Waals surface area contributed by atoms with Crippen LogP contribution in [0.5, 0.6) is 5.88 Å². The minimum absolute atomic E-state index is 0. The number of para-hydroxylation sites is 1. The number of ether oxygens (including phenoxy) is 1. The minimum atomic E-state index is 0. The molecule has 1 aliphatic rings. The van der Waals surface area contributed by atoms with E-state index in [1.165, 1.54) is 5.69 Å². The number of aromatic nitrogens is 1. The third kappa shape index (κ3) is 5.72. The lowest BCUT2D eigenvalue weighted by molar-refractivity contribution is 0.371. The van der Waals surface area contributed by atoms with Crippen molar-refractivity contribution in [1.29, 1.82) is 0 Å². The number of piperazine rings is 1. The molecule has 27 heavy (non-hydrogen) atoms. The Morgan fingerprint density at radius 2 is 1.85 bits per heavy atom. The number of guanidine groups is 1. The Morgan fingerprint density at radius 3 is 2.52 bits per heavy atom. The van der Waals surface area contributed by atoms with Crippen molar-refractivity contribution in [2.24, 2.45) is 4.99 Å². The van der Waals surface area contributed by atoms with Crippen LogP contribution in [0.15, 0.2) is 53.7 Å². The van der Waals surface area contributed by atoms with Gasteiger partial charge in [-0.25, -0.2) is 9.98 Å².